The highest BCUT2D eigenvalue weighted by Crippen LogP contribution is 2.46. The van der Waals surface area contributed by atoms with E-state index in [1.807, 2.05) is 92.3 Å². The first-order chi connectivity index (χ1) is 24.3. The average Bonchev–Trinajstić information content (AvgIpc) is 3.72. The van der Waals surface area contributed by atoms with Crippen molar-refractivity contribution in [3.05, 3.63) is 98.0 Å². The van der Waals surface area contributed by atoms with Crippen molar-refractivity contribution < 1.29 is 19.4 Å². The van der Waals surface area contributed by atoms with Crippen molar-refractivity contribution in [1.29, 1.82) is 0 Å². The van der Waals surface area contributed by atoms with E-state index >= 15 is 4.79 Å². The van der Waals surface area contributed by atoms with E-state index in [4.69, 9.17) is 33.0 Å². The summed E-state index contributed by atoms with van der Waals surface area (Å²) in [6.45, 7) is 13.5. The minimum absolute atomic E-state index is 0.137. The Hall–Kier alpha value is -4.73. The number of carbonyl (C=O) groups excluding carboxylic acids is 1. The summed E-state index contributed by atoms with van der Waals surface area (Å²) < 4.78 is 12.2. The second-order valence-electron chi connectivity index (χ2n) is 13.6. The number of hydrogen-bond acceptors (Lipinski definition) is 4. The molecule has 0 bridgehead atoms. The number of amides is 1. The molecular formula is C40H41Cl2N5O4. The monoisotopic (exact) mass is 725 g/mol. The number of anilines is 1. The van der Waals surface area contributed by atoms with Gasteiger partial charge < -0.3 is 23.9 Å². The van der Waals surface area contributed by atoms with E-state index in [-0.39, 0.29) is 17.5 Å². The van der Waals surface area contributed by atoms with Crippen molar-refractivity contribution >= 4 is 62.6 Å². The smallest absolute Gasteiger partial charge is 0.337 e. The molecule has 3 aromatic carbocycles. The van der Waals surface area contributed by atoms with E-state index in [9.17, 15) is 9.90 Å². The highest BCUT2D eigenvalue weighted by molar-refractivity contribution is 6.35. The molecule has 0 saturated carbocycles. The predicted molar refractivity (Wildman–Crippen MR) is 204 cm³/mol. The van der Waals surface area contributed by atoms with Crippen LogP contribution in [-0.4, -0.2) is 49.0 Å². The third-order valence-corrected chi connectivity index (χ3v) is 11.2. The fraction of sp³-hybridized carbons (Fsp3) is 0.325. The summed E-state index contributed by atoms with van der Waals surface area (Å²) in [6, 6.07) is 13.0. The zero-order valence-corrected chi connectivity index (χ0v) is 31.4. The summed E-state index contributed by atoms with van der Waals surface area (Å²) in [5.41, 5.74) is 9.58. The number of aromatic carboxylic acids is 1. The molecule has 6 aromatic rings. The minimum Gasteiger partial charge on any atom is -0.494 e. The summed E-state index contributed by atoms with van der Waals surface area (Å²) in [5.74, 6) is -0.377. The largest absolute Gasteiger partial charge is 0.494 e. The number of halogens is 2. The molecule has 0 aliphatic carbocycles. The molecule has 7 rings (SSSR count). The van der Waals surface area contributed by atoms with Crippen LogP contribution in [0.3, 0.4) is 0 Å². The van der Waals surface area contributed by atoms with Crippen LogP contribution in [0, 0.1) is 27.7 Å². The quantitative estimate of drug-likeness (QED) is 0.150. The fourth-order valence-corrected chi connectivity index (χ4v) is 8.27. The number of ether oxygens (including phenoxy) is 1. The second-order valence-corrected chi connectivity index (χ2v) is 14.4. The molecule has 264 valence electrons. The van der Waals surface area contributed by atoms with Crippen LogP contribution < -0.4 is 9.64 Å². The van der Waals surface area contributed by atoms with Gasteiger partial charge in [0.05, 0.1) is 39.6 Å². The van der Waals surface area contributed by atoms with Gasteiger partial charge in [-0.05, 0) is 95.3 Å². The molecule has 0 fully saturated rings. The zero-order chi connectivity index (χ0) is 36.5. The predicted octanol–water partition coefficient (Wildman–Crippen LogP) is 9.49. The van der Waals surface area contributed by atoms with Crippen molar-refractivity contribution in [1.82, 2.24) is 18.9 Å². The number of benzene rings is 3. The second kappa shape index (κ2) is 13.1. The van der Waals surface area contributed by atoms with Crippen molar-refractivity contribution in [3.63, 3.8) is 0 Å². The Bertz CT molecular complexity index is 2380. The molecule has 0 radical (unpaired) electrons. The van der Waals surface area contributed by atoms with Crippen molar-refractivity contribution in [2.24, 2.45) is 7.05 Å². The Morgan fingerprint density at radius 3 is 2.39 bits per heavy atom. The van der Waals surface area contributed by atoms with Crippen LogP contribution in [0.4, 0.5) is 5.69 Å². The number of carbonyl (C=O) groups is 2. The maximum absolute atomic E-state index is 15.0. The van der Waals surface area contributed by atoms with Gasteiger partial charge >= 0.3 is 5.97 Å². The van der Waals surface area contributed by atoms with E-state index in [2.05, 4.69) is 11.5 Å². The molecule has 1 amide bonds. The standard InChI is InChI=1S/C40H41Cl2N5O4/c1-8-45-20-32(29-11-9-12-30(36(29)45)40(49)50)46-19-23(4)47-37-28(14-15-31(41)34(37)33-24(5)43-44(7)25(33)6)27(38(47)39(46)48)13-10-16-51-26-17-21(2)35(42)22(3)18-26/h9,11-12,14-15,17-18,20,23H,8,10,13,16,19H2,1-7H3,(H,49,50)/t23-/m1/s1. The van der Waals surface area contributed by atoms with Gasteiger partial charge in [0.15, 0.2) is 0 Å². The van der Waals surface area contributed by atoms with Gasteiger partial charge in [-0.25, -0.2) is 4.79 Å². The summed E-state index contributed by atoms with van der Waals surface area (Å²) in [5, 5.41) is 17.8. The lowest BCUT2D eigenvalue weighted by Crippen LogP contribution is -2.42. The van der Waals surface area contributed by atoms with Gasteiger partial charge in [0.25, 0.3) is 5.91 Å². The van der Waals surface area contributed by atoms with Gasteiger partial charge in [0.1, 0.15) is 11.4 Å². The fourth-order valence-electron chi connectivity index (χ4n) is 7.92. The lowest BCUT2D eigenvalue weighted by Gasteiger charge is -2.34. The summed E-state index contributed by atoms with van der Waals surface area (Å²) >= 11 is 13.5. The van der Waals surface area contributed by atoms with E-state index in [1.165, 1.54) is 0 Å². The molecule has 11 heteroatoms. The zero-order valence-electron chi connectivity index (χ0n) is 29.9. The average molecular weight is 727 g/mol. The molecule has 0 spiro atoms. The first-order valence-corrected chi connectivity index (χ1v) is 18.0. The molecule has 0 unspecified atom stereocenters. The summed E-state index contributed by atoms with van der Waals surface area (Å²) in [7, 11) is 1.93. The SMILES string of the molecule is CCn1cc(N2C[C@@H](C)n3c(c(CCCOc4cc(C)c(Cl)c(C)c4)c4ccc(Cl)c(-c5c(C)nn(C)c5C)c43)C2=O)c2cccc(C(=O)O)c21. The lowest BCUT2D eigenvalue weighted by atomic mass is 9.98. The Balaban J connectivity index is 1.39. The molecular weight excluding hydrogens is 685 g/mol. The molecule has 1 aliphatic rings. The van der Waals surface area contributed by atoms with E-state index in [0.29, 0.717) is 54.5 Å². The number of aromatic nitrogens is 4. The number of aryl methyl sites for hydroxylation is 6. The van der Waals surface area contributed by atoms with Gasteiger partial charge in [-0.2, -0.15) is 5.10 Å². The van der Waals surface area contributed by atoms with Crippen molar-refractivity contribution in [2.75, 3.05) is 18.1 Å². The van der Waals surface area contributed by atoms with Gasteiger partial charge in [-0.15, -0.1) is 0 Å². The van der Waals surface area contributed by atoms with Gasteiger partial charge in [-0.3, -0.25) is 9.48 Å². The third-order valence-electron chi connectivity index (χ3n) is 10.3. The molecule has 3 aromatic heterocycles. The first-order valence-electron chi connectivity index (χ1n) is 17.3. The van der Waals surface area contributed by atoms with Crippen LogP contribution in [0.2, 0.25) is 10.0 Å². The molecule has 1 atom stereocenters. The Morgan fingerprint density at radius 1 is 1.02 bits per heavy atom. The Morgan fingerprint density at radius 2 is 1.75 bits per heavy atom. The molecule has 1 aliphatic heterocycles. The summed E-state index contributed by atoms with van der Waals surface area (Å²) in [4.78, 5) is 29.1. The van der Waals surface area contributed by atoms with Crippen LogP contribution in [0.5, 0.6) is 5.75 Å². The topological polar surface area (TPSA) is 94.5 Å². The maximum atomic E-state index is 15.0. The number of hydrogen-bond donors (Lipinski definition) is 1. The van der Waals surface area contributed by atoms with E-state index in [0.717, 1.165) is 66.3 Å². The molecule has 0 saturated heterocycles. The molecule has 4 heterocycles. The van der Waals surface area contributed by atoms with Crippen LogP contribution in [0.15, 0.2) is 48.7 Å². The van der Waals surface area contributed by atoms with E-state index < -0.39 is 5.97 Å². The van der Waals surface area contributed by atoms with E-state index in [1.54, 1.807) is 12.1 Å². The van der Waals surface area contributed by atoms with Crippen molar-refractivity contribution in [3.8, 4) is 16.9 Å². The minimum atomic E-state index is -1.00. The Kier molecular flexibility index (Phi) is 8.92. The number of nitrogens with zero attached hydrogens (tertiary/aromatic N) is 5. The highest BCUT2D eigenvalue weighted by Gasteiger charge is 2.38. The van der Waals surface area contributed by atoms with Crippen molar-refractivity contribution in [2.45, 2.75) is 67.0 Å². The molecule has 9 nitrogen and oxygen atoms in total. The summed E-state index contributed by atoms with van der Waals surface area (Å²) in [6.07, 6.45) is 3.16. The highest BCUT2D eigenvalue weighted by atomic mass is 35.5. The maximum Gasteiger partial charge on any atom is 0.337 e. The van der Waals surface area contributed by atoms with Crippen LogP contribution in [0.1, 0.15) is 75.2 Å². The molecule has 1 N–H and O–H groups in total. The number of para-hydroxylation sites is 1. The first kappa shape index (κ1) is 34.7. The number of carboxylic acid groups (broad SMARTS) is 1. The van der Waals surface area contributed by atoms with Gasteiger partial charge in [0.2, 0.25) is 0 Å². The number of rotatable bonds is 9. The number of carboxylic acids is 1. The third kappa shape index (κ3) is 5.58. The van der Waals surface area contributed by atoms with Crippen LogP contribution >= 0.6 is 23.2 Å². The lowest BCUT2D eigenvalue weighted by molar-refractivity contribution is 0.0698. The Labute approximate surface area is 306 Å². The number of fused-ring (bicyclic) bond motifs is 4. The van der Waals surface area contributed by atoms with Crippen LogP contribution in [0.25, 0.3) is 32.9 Å². The normalized spacial score (nSPS) is 14.6. The van der Waals surface area contributed by atoms with Crippen LogP contribution in [-0.2, 0) is 20.0 Å². The molecule has 51 heavy (non-hydrogen) atoms. The van der Waals surface area contributed by atoms with Gasteiger partial charge in [-0.1, -0.05) is 41.4 Å². The van der Waals surface area contributed by atoms with Gasteiger partial charge in [0, 0.05) is 65.0 Å².